The SMILES string of the molecule is CNC(=O)C(C/C=C/c1ccccc1)NC(=O)OC(C)(C)C. The summed E-state index contributed by atoms with van der Waals surface area (Å²) in [4.78, 5) is 23.6. The Morgan fingerprint density at radius 1 is 1.23 bits per heavy atom. The van der Waals surface area contributed by atoms with Crippen LogP contribution in [0.4, 0.5) is 4.79 Å². The Hall–Kier alpha value is -2.30. The normalized spacial score (nSPS) is 12.7. The number of hydrogen-bond acceptors (Lipinski definition) is 3. The Balaban J connectivity index is 2.63. The molecule has 22 heavy (non-hydrogen) atoms. The maximum Gasteiger partial charge on any atom is 0.408 e. The summed E-state index contributed by atoms with van der Waals surface area (Å²) in [5, 5.41) is 5.12. The predicted molar refractivity (Wildman–Crippen MR) is 87.3 cm³/mol. The molecule has 1 aromatic carbocycles. The second-order valence-electron chi connectivity index (χ2n) is 5.86. The molecule has 0 aliphatic carbocycles. The van der Waals surface area contributed by atoms with Crippen LogP contribution in [0.3, 0.4) is 0 Å². The first-order valence-corrected chi connectivity index (χ1v) is 7.24. The molecule has 0 bridgehead atoms. The summed E-state index contributed by atoms with van der Waals surface area (Å²) in [7, 11) is 1.53. The molecule has 5 heteroatoms. The molecule has 0 aliphatic heterocycles. The molecule has 1 aromatic rings. The zero-order valence-corrected chi connectivity index (χ0v) is 13.6. The van der Waals surface area contributed by atoms with Crippen molar-refractivity contribution in [2.75, 3.05) is 7.05 Å². The molecule has 5 nitrogen and oxygen atoms in total. The van der Waals surface area contributed by atoms with Gasteiger partial charge in [0.1, 0.15) is 11.6 Å². The fourth-order valence-electron chi connectivity index (χ4n) is 1.76. The van der Waals surface area contributed by atoms with Crippen molar-refractivity contribution in [2.24, 2.45) is 0 Å². The summed E-state index contributed by atoms with van der Waals surface area (Å²) in [5.74, 6) is -0.261. The first-order chi connectivity index (χ1) is 10.3. The van der Waals surface area contributed by atoms with Crippen LogP contribution in [-0.4, -0.2) is 30.7 Å². The number of carbonyl (C=O) groups excluding carboxylic acids is 2. The van der Waals surface area contributed by atoms with Gasteiger partial charge >= 0.3 is 6.09 Å². The van der Waals surface area contributed by atoms with Crippen LogP contribution in [0.2, 0.25) is 0 Å². The van der Waals surface area contributed by atoms with Gasteiger partial charge in [-0.25, -0.2) is 4.79 Å². The lowest BCUT2D eigenvalue weighted by molar-refractivity contribution is -0.122. The number of amides is 2. The van der Waals surface area contributed by atoms with Crippen LogP contribution in [0.1, 0.15) is 32.8 Å². The summed E-state index contributed by atoms with van der Waals surface area (Å²) in [5.41, 5.74) is 0.437. The van der Waals surface area contributed by atoms with Crippen LogP contribution in [0.25, 0.3) is 6.08 Å². The lowest BCUT2D eigenvalue weighted by atomic mass is 10.1. The van der Waals surface area contributed by atoms with E-state index in [1.54, 1.807) is 20.8 Å². The average Bonchev–Trinajstić information content (AvgIpc) is 2.44. The highest BCUT2D eigenvalue weighted by Gasteiger charge is 2.22. The number of benzene rings is 1. The lowest BCUT2D eigenvalue weighted by Crippen LogP contribution is -2.47. The maximum absolute atomic E-state index is 11.8. The van der Waals surface area contributed by atoms with Crippen LogP contribution in [0.5, 0.6) is 0 Å². The third-order valence-electron chi connectivity index (χ3n) is 2.74. The van der Waals surface area contributed by atoms with Gasteiger partial charge in [0.25, 0.3) is 0 Å². The number of alkyl carbamates (subject to hydrolysis) is 1. The van der Waals surface area contributed by atoms with Gasteiger partial charge in [-0.05, 0) is 32.8 Å². The highest BCUT2D eigenvalue weighted by molar-refractivity contribution is 5.85. The van der Waals surface area contributed by atoms with Crippen molar-refractivity contribution < 1.29 is 14.3 Å². The molecule has 0 radical (unpaired) electrons. The quantitative estimate of drug-likeness (QED) is 0.879. The van der Waals surface area contributed by atoms with Crippen molar-refractivity contribution in [2.45, 2.75) is 38.8 Å². The molecule has 1 rings (SSSR count). The molecule has 1 unspecified atom stereocenters. The molecule has 2 amide bonds. The Morgan fingerprint density at radius 3 is 2.41 bits per heavy atom. The van der Waals surface area contributed by atoms with E-state index in [2.05, 4.69) is 10.6 Å². The second-order valence-corrected chi connectivity index (χ2v) is 5.86. The van der Waals surface area contributed by atoms with E-state index in [1.165, 1.54) is 7.05 Å². The van der Waals surface area contributed by atoms with Crippen molar-refractivity contribution in [1.29, 1.82) is 0 Å². The van der Waals surface area contributed by atoms with Crippen LogP contribution < -0.4 is 10.6 Å². The van der Waals surface area contributed by atoms with Crippen molar-refractivity contribution >= 4 is 18.1 Å². The van der Waals surface area contributed by atoms with Crippen LogP contribution >= 0.6 is 0 Å². The first-order valence-electron chi connectivity index (χ1n) is 7.24. The Morgan fingerprint density at radius 2 is 1.86 bits per heavy atom. The smallest absolute Gasteiger partial charge is 0.408 e. The standard InChI is InChI=1S/C17H24N2O3/c1-17(2,3)22-16(21)19-14(15(20)18-4)12-8-11-13-9-6-5-7-10-13/h5-11,14H,12H2,1-4H3,(H,18,20)(H,19,21)/b11-8+. The lowest BCUT2D eigenvalue weighted by Gasteiger charge is -2.22. The molecule has 0 aliphatic rings. The average molecular weight is 304 g/mol. The van der Waals surface area contributed by atoms with Gasteiger partial charge in [0, 0.05) is 7.05 Å². The molecule has 0 saturated heterocycles. The number of likely N-dealkylation sites (N-methyl/N-ethyl adjacent to an activating group) is 1. The molecule has 1 atom stereocenters. The van der Waals surface area contributed by atoms with Crippen LogP contribution in [0.15, 0.2) is 36.4 Å². The van der Waals surface area contributed by atoms with Gasteiger partial charge in [0.2, 0.25) is 5.91 Å². The van der Waals surface area contributed by atoms with Crippen LogP contribution in [-0.2, 0) is 9.53 Å². The minimum atomic E-state index is -0.667. The largest absolute Gasteiger partial charge is 0.444 e. The van der Waals surface area contributed by atoms with E-state index < -0.39 is 17.7 Å². The zero-order chi connectivity index (χ0) is 16.6. The Labute approximate surface area is 131 Å². The fourth-order valence-corrected chi connectivity index (χ4v) is 1.76. The van der Waals surface area contributed by atoms with E-state index in [9.17, 15) is 9.59 Å². The third-order valence-corrected chi connectivity index (χ3v) is 2.74. The summed E-state index contributed by atoms with van der Waals surface area (Å²) >= 11 is 0. The minimum Gasteiger partial charge on any atom is -0.444 e. The number of rotatable bonds is 5. The predicted octanol–water partition coefficient (Wildman–Crippen LogP) is 2.73. The maximum atomic E-state index is 11.8. The minimum absolute atomic E-state index is 0.261. The third kappa shape index (κ3) is 6.92. The van der Waals surface area contributed by atoms with Crippen molar-refractivity contribution in [3.8, 4) is 0 Å². The number of carbonyl (C=O) groups is 2. The van der Waals surface area contributed by atoms with E-state index >= 15 is 0 Å². The highest BCUT2D eigenvalue weighted by Crippen LogP contribution is 2.08. The molecule has 2 N–H and O–H groups in total. The number of ether oxygens (including phenoxy) is 1. The second kappa shape index (κ2) is 8.22. The number of nitrogens with one attached hydrogen (secondary N) is 2. The summed E-state index contributed by atoms with van der Waals surface area (Å²) in [6, 6.07) is 9.08. The van der Waals surface area contributed by atoms with Crippen molar-refractivity contribution in [3.05, 3.63) is 42.0 Å². The topological polar surface area (TPSA) is 67.4 Å². The van der Waals surface area contributed by atoms with Gasteiger partial charge in [0.05, 0.1) is 0 Å². The van der Waals surface area contributed by atoms with Gasteiger partial charge in [-0.15, -0.1) is 0 Å². The van der Waals surface area contributed by atoms with Crippen molar-refractivity contribution in [3.63, 3.8) is 0 Å². The van der Waals surface area contributed by atoms with E-state index in [1.807, 2.05) is 42.5 Å². The van der Waals surface area contributed by atoms with Gasteiger partial charge in [0.15, 0.2) is 0 Å². The van der Waals surface area contributed by atoms with Gasteiger partial charge < -0.3 is 15.4 Å². The van der Waals surface area contributed by atoms with Crippen molar-refractivity contribution in [1.82, 2.24) is 10.6 Å². The van der Waals surface area contributed by atoms with Gasteiger partial charge in [-0.3, -0.25) is 4.79 Å². The molecule has 0 spiro atoms. The van der Waals surface area contributed by atoms with E-state index in [-0.39, 0.29) is 5.91 Å². The molecular formula is C17H24N2O3. The summed E-state index contributed by atoms with van der Waals surface area (Å²) in [6.07, 6.45) is 3.54. The zero-order valence-electron chi connectivity index (χ0n) is 13.6. The molecule has 0 fully saturated rings. The van der Waals surface area contributed by atoms with Crippen LogP contribution in [0, 0.1) is 0 Å². The molecule has 120 valence electrons. The Kier molecular flexibility index (Phi) is 6.63. The molecular weight excluding hydrogens is 280 g/mol. The number of hydrogen-bond donors (Lipinski definition) is 2. The molecule has 0 aromatic heterocycles. The summed E-state index contributed by atoms with van der Waals surface area (Å²) < 4.78 is 5.17. The fraction of sp³-hybridized carbons (Fsp3) is 0.412. The molecule has 0 heterocycles. The first kappa shape index (κ1) is 17.8. The monoisotopic (exact) mass is 304 g/mol. The highest BCUT2D eigenvalue weighted by atomic mass is 16.6. The van der Waals surface area contributed by atoms with Gasteiger partial charge in [-0.1, -0.05) is 42.5 Å². The summed E-state index contributed by atoms with van der Waals surface area (Å²) in [6.45, 7) is 5.32. The Bertz CT molecular complexity index is 518. The van der Waals surface area contributed by atoms with E-state index in [0.717, 1.165) is 5.56 Å². The van der Waals surface area contributed by atoms with Gasteiger partial charge in [-0.2, -0.15) is 0 Å². The van der Waals surface area contributed by atoms with E-state index in [4.69, 9.17) is 4.74 Å². The van der Waals surface area contributed by atoms with E-state index in [0.29, 0.717) is 6.42 Å². The molecule has 0 saturated carbocycles.